The number of ether oxygens (including phenoxy) is 2. The molecule has 1 aliphatic heterocycles. The minimum Gasteiger partial charge on any atom is -0.445 e. The summed E-state index contributed by atoms with van der Waals surface area (Å²) in [6, 6.07) is 13.0. The Hall–Kier alpha value is -4.26. The number of nitrogens with two attached hydrogens (primary N) is 1. The van der Waals surface area contributed by atoms with Crippen LogP contribution in [-0.2, 0) is 35.3 Å². The first kappa shape index (κ1) is 51.1. The molecule has 61 heavy (non-hydrogen) atoms. The molecule has 11 atom stereocenters. The van der Waals surface area contributed by atoms with Crippen LogP contribution in [0.1, 0.15) is 98.3 Å². The maximum Gasteiger partial charge on any atom is 0.410 e. The molecule has 6 unspecified atom stereocenters. The lowest BCUT2D eigenvalue weighted by Gasteiger charge is -2.41. The molecule has 0 radical (unpaired) electrons. The fourth-order valence-electron chi connectivity index (χ4n) is 8.27. The summed E-state index contributed by atoms with van der Waals surface area (Å²) >= 11 is 0. The number of aliphatic hydroxyl groups excluding tert-OH is 1. The summed E-state index contributed by atoms with van der Waals surface area (Å²) in [5.74, 6) is -2.34. The summed E-state index contributed by atoms with van der Waals surface area (Å²) in [6.07, 6.45) is -0.00543. The lowest BCUT2D eigenvalue weighted by molar-refractivity contribution is -0.146. The van der Waals surface area contributed by atoms with Crippen molar-refractivity contribution in [3.63, 3.8) is 0 Å². The first-order valence-electron chi connectivity index (χ1n) is 21.7. The number of nitrogen functional groups attached to an aromatic ring is 1. The number of nitrogens with one attached hydrogen (secondary N) is 2. The second-order valence-corrected chi connectivity index (χ2v) is 18.2. The Labute approximate surface area is 366 Å². The molecule has 0 bridgehead atoms. The highest BCUT2D eigenvalue weighted by atomic mass is 31.0. The van der Waals surface area contributed by atoms with E-state index in [1.165, 1.54) is 11.9 Å². The van der Waals surface area contributed by atoms with Crippen LogP contribution in [0.4, 0.5) is 10.5 Å². The fraction of sp³-hybridized carbons (Fsp3) is 0.630. The maximum absolute atomic E-state index is 14.5. The van der Waals surface area contributed by atoms with Crippen LogP contribution in [-0.4, -0.2) is 119 Å². The first-order chi connectivity index (χ1) is 28.7. The third-order valence-electron chi connectivity index (χ3n) is 12.3. The number of carbonyl (C=O) groups is 5. The van der Waals surface area contributed by atoms with Crippen LogP contribution in [0.15, 0.2) is 54.6 Å². The van der Waals surface area contributed by atoms with Gasteiger partial charge < -0.3 is 40.7 Å². The standard InChI is InChI=1S/C46H73N6O8P/c1-12-29(6)40(50(9)45(57)38(27(2)3)49-44(56)39(28(4)5)51(10)46(58)60-26-32-20-22-34(47)23-21-32)36(59-11)25-37(53)52-24-16-19-35(52)42(61)30(7)43(55)48-31(8)41(54)33-17-14-13-15-18-33/h13-15,17-18,20-23,27-31,35-36,38-42,54H,12,16,19,24-26,47,61H2,1-11H3,(H,48,55)(H,49,56)/t29-,30?,31?,35-,36?,38-,39-,40+,41?,42?/m0/s1. The summed E-state index contributed by atoms with van der Waals surface area (Å²) in [5.41, 5.74) is 7.57. The molecular weight excluding hydrogens is 796 g/mol. The second kappa shape index (κ2) is 23.8. The molecule has 1 heterocycles. The molecule has 1 saturated heterocycles. The minimum atomic E-state index is -0.942. The smallest absolute Gasteiger partial charge is 0.410 e. The highest BCUT2D eigenvalue weighted by Gasteiger charge is 2.42. The Morgan fingerprint density at radius 1 is 0.902 bits per heavy atom. The van der Waals surface area contributed by atoms with Gasteiger partial charge in [-0.05, 0) is 60.8 Å². The van der Waals surface area contributed by atoms with E-state index in [1.807, 2.05) is 83.7 Å². The molecular formula is C46H73N6O8P. The third kappa shape index (κ3) is 13.6. The topological polar surface area (TPSA) is 184 Å². The second-order valence-electron chi connectivity index (χ2n) is 17.4. The molecule has 14 nitrogen and oxygen atoms in total. The molecule has 5 N–H and O–H groups in total. The predicted octanol–water partition coefficient (Wildman–Crippen LogP) is 5.39. The van der Waals surface area contributed by atoms with Crippen LogP contribution in [0.2, 0.25) is 0 Å². The van der Waals surface area contributed by atoms with Gasteiger partial charge in [0, 0.05) is 51.1 Å². The number of anilines is 1. The highest BCUT2D eigenvalue weighted by molar-refractivity contribution is 7.17. The number of carbonyl (C=O) groups excluding carboxylic acids is 5. The summed E-state index contributed by atoms with van der Waals surface area (Å²) < 4.78 is 11.6. The van der Waals surface area contributed by atoms with E-state index in [1.54, 1.807) is 50.2 Å². The quantitative estimate of drug-likeness (QED) is 0.0945. The van der Waals surface area contributed by atoms with Gasteiger partial charge in [0.2, 0.25) is 23.6 Å². The van der Waals surface area contributed by atoms with Crippen LogP contribution in [0.5, 0.6) is 0 Å². The largest absolute Gasteiger partial charge is 0.445 e. The average molecular weight is 869 g/mol. The first-order valence-corrected chi connectivity index (χ1v) is 22.3. The van der Waals surface area contributed by atoms with Gasteiger partial charge in [0.15, 0.2) is 0 Å². The molecule has 0 aromatic heterocycles. The number of nitrogens with zero attached hydrogens (tertiary/aromatic N) is 3. The molecule has 1 aliphatic rings. The van der Waals surface area contributed by atoms with Gasteiger partial charge in [0.05, 0.1) is 30.7 Å². The Bertz CT molecular complexity index is 1730. The summed E-state index contributed by atoms with van der Waals surface area (Å²) in [7, 11) is 7.52. The van der Waals surface area contributed by atoms with E-state index in [4.69, 9.17) is 15.2 Å². The van der Waals surface area contributed by atoms with E-state index in [0.29, 0.717) is 24.2 Å². The van der Waals surface area contributed by atoms with Crippen LogP contribution in [0.25, 0.3) is 0 Å². The van der Waals surface area contributed by atoms with Crippen molar-refractivity contribution < 1.29 is 38.6 Å². The molecule has 340 valence electrons. The molecule has 0 spiro atoms. The van der Waals surface area contributed by atoms with Crippen LogP contribution in [0, 0.1) is 23.7 Å². The molecule has 2 aromatic rings. The maximum atomic E-state index is 14.5. The number of hydrogen-bond acceptors (Lipinski definition) is 9. The zero-order chi connectivity index (χ0) is 45.7. The Balaban J connectivity index is 1.73. The fourth-order valence-corrected chi connectivity index (χ4v) is 8.85. The number of benzene rings is 2. The Kier molecular flexibility index (Phi) is 19.9. The molecule has 0 aliphatic carbocycles. The van der Waals surface area contributed by atoms with E-state index >= 15 is 0 Å². The van der Waals surface area contributed by atoms with E-state index in [2.05, 4.69) is 19.9 Å². The van der Waals surface area contributed by atoms with Gasteiger partial charge in [0.25, 0.3) is 0 Å². The number of hydrogen-bond donors (Lipinski definition) is 4. The highest BCUT2D eigenvalue weighted by Crippen LogP contribution is 2.32. The number of likely N-dealkylation sites (tertiary alicyclic amines) is 1. The van der Waals surface area contributed by atoms with Gasteiger partial charge in [0.1, 0.15) is 18.7 Å². The van der Waals surface area contributed by atoms with Crippen molar-refractivity contribution in [1.82, 2.24) is 25.3 Å². The molecule has 0 saturated carbocycles. The molecule has 2 aromatic carbocycles. The minimum absolute atomic E-state index is 0.00132. The zero-order valence-corrected chi connectivity index (χ0v) is 39.3. The normalized spacial score (nSPS) is 18.5. The number of amides is 5. The van der Waals surface area contributed by atoms with Crippen molar-refractivity contribution in [1.29, 1.82) is 0 Å². The molecule has 15 heteroatoms. The molecule has 5 amide bonds. The van der Waals surface area contributed by atoms with Crippen LogP contribution in [0.3, 0.4) is 0 Å². The number of methoxy groups -OCH3 is 1. The lowest BCUT2D eigenvalue weighted by atomic mass is 9.89. The van der Waals surface area contributed by atoms with Gasteiger partial charge in [-0.25, -0.2) is 4.79 Å². The van der Waals surface area contributed by atoms with Gasteiger partial charge in [-0.2, -0.15) is 0 Å². The third-order valence-corrected chi connectivity index (χ3v) is 13.3. The van der Waals surface area contributed by atoms with Crippen molar-refractivity contribution in [2.45, 2.75) is 136 Å². The molecule has 3 rings (SSSR count). The van der Waals surface area contributed by atoms with Gasteiger partial charge in [-0.15, -0.1) is 9.24 Å². The zero-order valence-electron chi connectivity index (χ0n) is 38.2. The van der Waals surface area contributed by atoms with Crippen molar-refractivity contribution in [3.8, 4) is 0 Å². The van der Waals surface area contributed by atoms with Gasteiger partial charge in [-0.1, -0.05) is 97.4 Å². The van der Waals surface area contributed by atoms with Gasteiger partial charge >= 0.3 is 6.09 Å². The van der Waals surface area contributed by atoms with Crippen molar-refractivity contribution in [3.05, 3.63) is 65.7 Å². The number of rotatable bonds is 21. The van der Waals surface area contributed by atoms with Crippen molar-refractivity contribution in [2.75, 3.05) is 33.5 Å². The SMILES string of the molecule is CC[C@H](C)[C@H](C(CC(=O)N1CCC[C@H]1C(P)C(C)C(=O)NC(C)C(O)c1ccccc1)OC)N(C)C(=O)[C@@H](NC(=O)[C@H](C(C)C)N(C)C(=O)OCc1ccc(N)cc1)C(C)C. The average Bonchev–Trinajstić information content (AvgIpc) is 3.74. The summed E-state index contributed by atoms with van der Waals surface area (Å²) in [5, 5.41) is 16.8. The lowest BCUT2D eigenvalue weighted by Crippen LogP contribution is -2.60. The van der Waals surface area contributed by atoms with Crippen molar-refractivity contribution >= 4 is 44.6 Å². The van der Waals surface area contributed by atoms with Crippen LogP contribution < -0.4 is 16.4 Å². The van der Waals surface area contributed by atoms with E-state index < -0.39 is 54.3 Å². The van der Waals surface area contributed by atoms with Crippen molar-refractivity contribution in [2.24, 2.45) is 23.7 Å². The summed E-state index contributed by atoms with van der Waals surface area (Å²) in [6.45, 7) is 15.5. The monoisotopic (exact) mass is 869 g/mol. The number of aliphatic hydroxyl groups is 1. The van der Waals surface area contributed by atoms with Crippen LogP contribution >= 0.6 is 9.24 Å². The van der Waals surface area contributed by atoms with Gasteiger partial charge in [-0.3, -0.25) is 24.1 Å². The number of likely N-dealkylation sites (N-methyl/N-ethyl adjacent to an activating group) is 2. The Morgan fingerprint density at radius 3 is 2.08 bits per heavy atom. The predicted molar refractivity (Wildman–Crippen MR) is 242 cm³/mol. The van der Waals surface area contributed by atoms with E-state index in [-0.39, 0.29) is 60.2 Å². The summed E-state index contributed by atoms with van der Waals surface area (Å²) in [4.78, 5) is 74.0. The molecule has 1 fully saturated rings. The van der Waals surface area contributed by atoms with E-state index in [0.717, 1.165) is 18.4 Å². The Morgan fingerprint density at radius 2 is 1.52 bits per heavy atom. The van der Waals surface area contributed by atoms with E-state index in [9.17, 15) is 29.1 Å².